The van der Waals surface area contributed by atoms with Crippen molar-refractivity contribution < 1.29 is 0 Å². The third-order valence-electron chi connectivity index (χ3n) is 2.79. The first kappa shape index (κ1) is 9.61. The highest BCUT2D eigenvalue weighted by molar-refractivity contribution is 4.86. The molecule has 0 aromatic rings. The van der Waals surface area contributed by atoms with Gasteiger partial charge >= 0.3 is 0 Å². The molecule has 0 aromatic heterocycles. The quantitative estimate of drug-likeness (QED) is 0.486. The number of hydrogen-bond donors (Lipinski definition) is 1. The van der Waals surface area contributed by atoms with Gasteiger partial charge in [-0.2, -0.15) is 0 Å². The maximum absolute atomic E-state index is 5.16. The molecule has 68 valence electrons. The van der Waals surface area contributed by atoms with Crippen LogP contribution in [0.1, 0.15) is 39.0 Å². The zero-order valence-corrected chi connectivity index (χ0v) is 8.03. The molecular weight excluding hydrogens is 146 g/mol. The number of unbranched alkanes of at least 4 members (excludes halogenated alkanes) is 1. The summed E-state index contributed by atoms with van der Waals surface area (Å²) in [5, 5.41) is 3.47. The molecule has 0 atom stereocenters. The van der Waals surface area contributed by atoms with Gasteiger partial charge in [-0.25, -0.2) is 0 Å². The molecule has 0 amide bonds. The van der Waals surface area contributed by atoms with E-state index in [1.54, 1.807) is 0 Å². The van der Waals surface area contributed by atoms with E-state index in [1.165, 1.54) is 25.8 Å². The molecule has 0 aromatic carbocycles. The Labute approximate surface area is 75.9 Å². The summed E-state index contributed by atoms with van der Waals surface area (Å²) in [5.41, 5.74) is 0.607. The smallest absolute Gasteiger partial charge is 0.00981 e. The Balaban J connectivity index is 1.92. The molecule has 0 bridgehead atoms. The summed E-state index contributed by atoms with van der Waals surface area (Å²) in [4.78, 5) is 0. The zero-order chi connectivity index (χ0) is 8.86. The highest BCUT2D eigenvalue weighted by Gasteiger charge is 2.30. The second kappa shape index (κ2) is 4.52. The van der Waals surface area contributed by atoms with Crippen molar-refractivity contribution in [2.24, 2.45) is 5.41 Å². The monoisotopic (exact) mass is 165 g/mol. The van der Waals surface area contributed by atoms with Crippen LogP contribution in [0.2, 0.25) is 0 Å². The molecule has 0 saturated heterocycles. The number of rotatable bonds is 5. The first-order valence-corrected chi connectivity index (χ1v) is 4.91. The topological polar surface area (TPSA) is 12.0 Å². The van der Waals surface area contributed by atoms with E-state index in [2.05, 4.69) is 18.2 Å². The van der Waals surface area contributed by atoms with E-state index < -0.39 is 0 Å². The van der Waals surface area contributed by atoms with Gasteiger partial charge in [0.25, 0.3) is 0 Å². The van der Waals surface area contributed by atoms with E-state index in [9.17, 15) is 0 Å². The maximum Gasteiger partial charge on any atom is 0.00981 e. The van der Waals surface area contributed by atoms with Crippen molar-refractivity contribution in [2.75, 3.05) is 13.1 Å². The first-order chi connectivity index (χ1) is 5.77. The van der Waals surface area contributed by atoms with E-state index in [4.69, 9.17) is 6.42 Å². The molecule has 12 heavy (non-hydrogen) atoms. The van der Waals surface area contributed by atoms with Crippen LogP contribution in [0.15, 0.2) is 0 Å². The van der Waals surface area contributed by atoms with E-state index in [1.807, 2.05) is 0 Å². The summed E-state index contributed by atoms with van der Waals surface area (Å²) in [6.45, 7) is 4.63. The maximum atomic E-state index is 5.16. The Bertz CT molecular complexity index is 162. The number of nitrogens with one attached hydrogen (secondary N) is 1. The van der Waals surface area contributed by atoms with Crippen molar-refractivity contribution in [3.05, 3.63) is 0 Å². The molecule has 1 N–H and O–H groups in total. The Morgan fingerprint density at radius 3 is 2.75 bits per heavy atom. The van der Waals surface area contributed by atoms with Crippen molar-refractivity contribution in [2.45, 2.75) is 39.0 Å². The molecule has 1 heteroatoms. The van der Waals surface area contributed by atoms with Crippen LogP contribution in [-0.4, -0.2) is 13.1 Å². The van der Waals surface area contributed by atoms with Crippen LogP contribution in [0.3, 0.4) is 0 Å². The highest BCUT2D eigenvalue weighted by Crippen LogP contribution is 2.39. The van der Waals surface area contributed by atoms with Crippen LogP contribution in [0.4, 0.5) is 0 Å². The minimum absolute atomic E-state index is 0.607. The first-order valence-electron chi connectivity index (χ1n) is 4.91. The lowest BCUT2D eigenvalue weighted by Crippen LogP contribution is -2.37. The largest absolute Gasteiger partial charge is 0.316 e. The van der Waals surface area contributed by atoms with E-state index >= 15 is 0 Å². The van der Waals surface area contributed by atoms with Crippen LogP contribution in [-0.2, 0) is 0 Å². The second-order valence-electron chi connectivity index (χ2n) is 4.15. The van der Waals surface area contributed by atoms with Crippen LogP contribution >= 0.6 is 0 Å². The molecule has 1 nitrogen and oxygen atoms in total. The summed E-state index contributed by atoms with van der Waals surface area (Å²) < 4.78 is 0. The van der Waals surface area contributed by atoms with Gasteiger partial charge < -0.3 is 5.32 Å². The van der Waals surface area contributed by atoms with Gasteiger partial charge in [0.2, 0.25) is 0 Å². The average molecular weight is 165 g/mol. The molecule has 0 aliphatic heterocycles. The zero-order valence-electron chi connectivity index (χ0n) is 8.03. The minimum Gasteiger partial charge on any atom is -0.316 e. The van der Waals surface area contributed by atoms with Crippen LogP contribution < -0.4 is 5.32 Å². The van der Waals surface area contributed by atoms with Crippen molar-refractivity contribution in [1.29, 1.82) is 0 Å². The fraction of sp³-hybridized carbons (Fsp3) is 0.818. The summed E-state index contributed by atoms with van der Waals surface area (Å²) in [6.07, 6.45) is 11.4. The van der Waals surface area contributed by atoms with Gasteiger partial charge in [0.1, 0.15) is 0 Å². The highest BCUT2D eigenvalue weighted by atomic mass is 14.9. The van der Waals surface area contributed by atoms with Crippen molar-refractivity contribution >= 4 is 0 Å². The van der Waals surface area contributed by atoms with E-state index in [0.717, 1.165) is 19.4 Å². The molecule has 1 rings (SSSR count). The molecule has 0 spiro atoms. The van der Waals surface area contributed by atoms with Gasteiger partial charge in [0, 0.05) is 13.0 Å². The normalized spacial score (nSPS) is 19.7. The van der Waals surface area contributed by atoms with Gasteiger partial charge in [-0.15, -0.1) is 12.3 Å². The summed E-state index contributed by atoms with van der Waals surface area (Å²) in [7, 11) is 0. The lowest BCUT2D eigenvalue weighted by Gasteiger charge is -2.38. The fourth-order valence-corrected chi connectivity index (χ4v) is 1.66. The molecule has 1 saturated carbocycles. The minimum atomic E-state index is 0.607. The summed E-state index contributed by atoms with van der Waals surface area (Å²) >= 11 is 0. The lowest BCUT2D eigenvalue weighted by molar-refractivity contribution is 0.157. The van der Waals surface area contributed by atoms with Gasteiger partial charge in [-0.05, 0) is 31.2 Å². The second-order valence-corrected chi connectivity index (χ2v) is 4.15. The number of hydrogen-bond acceptors (Lipinski definition) is 1. The van der Waals surface area contributed by atoms with Gasteiger partial charge in [-0.3, -0.25) is 0 Å². The Kier molecular flexibility index (Phi) is 3.62. The fourth-order valence-electron chi connectivity index (χ4n) is 1.66. The molecule has 0 radical (unpaired) electrons. The predicted molar refractivity (Wildman–Crippen MR) is 52.9 cm³/mol. The summed E-state index contributed by atoms with van der Waals surface area (Å²) in [5.74, 6) is 2.65. The van der Waals surface area contributed by atoms with Crippen molar-refractivity contribution in [1.82, 2.24) is 5.32 Å². The third kappa shape index (κ3) is 2.87. The SMILES string of the molecule is C#CCCCNCC1(C)CCC1. The molecule has 1 fully saturated rings. The molecule has 1 aliphatic rings. The Morgan fingerprint density at radius 2 is 2.25 bits per heavy atom. The Hall–Kier alpha value is -0.480. The van der Waals surface area contributed by atoms with Crippen molar-refractivity contribution in [3.8, 4) is 12.3 Å². The standard InChI is InChI=1S/C11H19N/c1-3-4-5-9-12-10-11(2)7-6-8-11/h1,12H,4-10H2,2H3. The van der Waals surface area contributed by atoms with Crippen LogP contribution in [0, 0.1) is 17.8 Å². The average Bonchev–Trinajstić information content (AvgIpc) is 2.01. The van der Waals surface area contributed by atoms with Crippen LogP contribution in [0.5, 0.6) is 0 Å². The predicted octanol–water partition coefficient (Wildman–Crippen LogP) is 2.18. The van der Waals surface area contributed by atoms with Gasteiger partial charge in [0.05, 0.1) is 0 Å². The molecule has 0 unspecified atom stereocenters. The molecule has 1 aliphatic carbocycles. The molecular formula is C11H19N. The third-order valence-corrected chi connectivity index (χ3v) is 2.79. The van der Waals surface area contributed by atoms with E-state index in [0.29, 0.717) is 5.41 Å². The lowest BCUT2D eigenvalue weighted by atomic mass is 9.70. The van der Waals surface area contributed by atoms with Crippen molar-refractivity contribution in [3.63, 3.8) is 0 Å². The van der Waals surface area contributed by atoms with Gasteiger partial charge in [0.15, 0.2) is 0 Å². The van der Waals surface area contributed by atoms with Crippen LogP contribution in [0.25, 0.3) is 0 Å². The van der Waals surface area contributed by atoms with E-state index in [-0.39, 0.29) is 0 Å². The summed E-state index contributed by atoms with van der Waals surface area (Å²) in [6, 6.07) is 0. The number of terminal acetylenes is 1. The van der Waals surface area contributed by atoms with Gasteiger partial charge in [-0.1, -0.05) is 13.3 Å². The molecule has 0 heterocycles. The Morgan fingerprint density at radius 1 is 1.50 bits per heavy atom.